The van der Waals surface area contributed by atoms with E-state index < -0.39 is 17.7 Å². The zero-order valence-corrected chi connectivity index (χ0v) is 14.4. The predicted octanol–water partition coefficient (Wildman–Crippen LogP) is 2.64. The minimum absolute atomic E-state index is 0. The van der Waals surface area contributed by atoms with Crippen molar-refractivity contribution < 1.29 is 22.4 Å². The van der Waals surface area contributed by atoms with E-state index in [9.17, 15) is 22.4 Å². The molecule has 5 nitrogen and oxygen atoms in total. The summed E-state index contributed by atoms with van der Waals surface area (Å²) in [5, 5.41) is 6.53. The summed E-state index contributed by atoms with van der Waals surface area (Å²) in [5.74, 6) is -0.773. The van der Waals surface area contributed by atoms with Crippen molar-refractivity contribution in [2.75, 3.05) is 19.6 Å². The highest BCUT2D eigenvalue weighted by atomic mass is 35.5. The fraction of sp³-hybridized carbons (Fsp3) is 0.375. The smallest absolute Gasteiger partial charge is 0.331 e. The van der Waals surface area contributed by atoms with Gasteiger partial charge in [-0.3, -0.25) is 9.48 Å². The fourth-order valence-corrected chi connectivity index (χ4v) is 2.84. The lowest BCUT2D eigenvalue weighted by Gasteiger charge is -2.36. The van der Waals surface area contributed by atoms with Crippen molar-refractivity contribution in [3.8, 4) is 0 Å². The molecule has 1 aromatic heterocycles. The van der Waals surface area contributed by atoms with Crippen molar-refractivity contribution >= 4 is 18.3 Å². The van der Waals surface area contributed by atoms with Gasteiger partial charge in [0.15, 0.2) is 5.69 Å². The van der Waals surface area contributed by atoms with Crippen LogP contribution in [0, 0.1) is 5.82 Å². The van der Waals surface area contributed by atoms with E-state index in [0.29, 0.717) is 25.2 Å². The van der Waals surface area contributed by atoms with Crippen LogP contribution in [0.5, 0.6) is 0 Å². The number of carbonyl (C=O) groups is 1. The van der Waals surface area contributed by atoms with Gasteiger partial charge < -0.3 is 10.2 Å². The Balaban J connectivity index is 0.00000243. The van der Waals surface area contributed by atoms with E-state index in [2.05, 4.69) is 10.4 Å². The third-order valence-electron chi connectivity index (χ3n) is 4.03. The van der Waals surface area contributed by atoms with Crippen LogP contribution in [-0.4, -0.2) is 40.2 Å². The van der Waals surface area contributed by atoms with Crippen LogP contribution in [0.1, 0.15) is 17.3 Å². The van der Waals surface area contributed by atoms with Gasteiger partial charge in [-0.1, -0.05) is 12.1 Å². The summed E-state index contributed by atoms with van der Waals surface area (Å²) in [6, 6.07) is 6.40. The largest absolute Gasteiger partial charge is 0.435 e. The standard InChI is InChI=1S/C16H16F4N4O.ClH/c17-12-3-1-2-11(8-12)13-9-21-5-7-24(13)15(25)10-23-6-4-14(22-23)16(18,19)20;/h1-4,6,8,13,21H,5,7,9-10H2;1H. The average Bonchev–Trinajstić information content (AvgIpc) is 3.03. The molecule has 1 saturated heterocycles. The molecule has 1 atom stereocenters. The molecule has 0 bridgehead atoms. The van der Waals surface area contributed by atoms with Crippen LogP contribution in [0.25, 0.3) is 0 Å². The lowest BCUT2D eigenvalue weighted by Crippen LogP contribution is -2.49. The Morgan fingerprint density at radius 2 is 2.08 bits per heavy atom. The van der Waals surface area contributed by atoms with Crippen LogP contribution in [0.2, 0.25) is 0 Å². The molecule has 1 N–H and O–H groups in total. The zero-order chi connectivity index (χ0) is 18.0. The van der Waals surface area contributed by atoms with Gasteiger partial charge in [-0.25, -0.2) is 4.39 Å². The third kappa shape index (κ3) is 4.53. The summed E-state index contributed by atoms with van der Waals surface area (Å²) in [6.45, 7) is 1.09. The molecule has 0 saturated carbocycles. The number of carbonyl (C=O) groups excluding carboxylic acids is 1. The molecule has 0 aliphatic carbocycles. The van der Waals surface area contributed by atoms with Gasteiger partial charge in [0.2, 0.25) is 5.91 Å². The quantitative estimate of drug-likeness (QED) is 0.817. The van der Waals surface area contributed by atoms with Gasteiger partial charge in [-0.15, -0.1) is 12.4 Å². The van der Waals surface area contributed by atoms with Gasteiger partial charge >= 0.3 is 6.18 Å². The van der Waals surface area contributed by atoms with Gasteiger partial charge in [-0.2, -0.15) is 18.3 Å². The molecular weight excluding hydrogens is 376 g/mol. The maximum Gasteiger partial charge on any atom is 0.435 e. The molecule has 1 fully saturated rings. The van der Waals surface area contributed by atoms with E-state index in [1.54, 1.807) is 17.0 Å². The third-order valence-corrected chi connectivity index (χ3v) is 4.03. The number of rotatable bonds is 3. The first kappa shape index (κ1) is 20.2. The summed E-state index contributed by atoms with van der Waals surface area (Å²) in [4.78, 5) is 14.1. The Morgan fingerprint density at radius 1 is 1.31 bits per heavy atom. The molecule has 1 aliphatic rings. The van der Waals surface area contributed by atoms with E-state index in [1.165, 1.54) is 12.1 Å². The van der Waals surface area contributed by atoms with E-state index in [4.69, 9.17) is 0 Å². The number of piperazine rings is 1. The number of nitrogens with one attached hydrogen (secondary N) is 1. The second-order valence-electron chi connectivity index (χ2n) is 5.76. The molecule has 0 radical (unpaired) electrons. The van der Waals surface area contributed by atoms with E-state index >= 15 is 0 Å². The molecule has 26 heavy (non-hydrogen) atoms. The minimum Gasteiger partial charge on any atom is -0.331 e. The molecule has 1 amide bonds. The number of halogens is 5. The number of amides is 1. The summed E-state index contributed by atoms with van der Waals surface area (Å²) in [7, 11) is 0. The first-order valence-corrected chi connectivity index (χ1v) is 7.71. The van der Waals surface area contributed by atoms with Gasteiger partial charge in [0.25, 0.3) is 0 Å². The zero-order valence-electron chi connectivity index (χ0n) is 13.5. The maximum atomic E-state index is 13.5. The highest BCUT2D eigenvalue weighted by Gasteiger charge is 2.34. The number of benzene rings is 1. The minimum atomic E-state index is -4.55. The van der Waals surface area contributed by atoms with Crippen molar-refractivity contribution in [2.45, 2.75) is 18.8 Å². The Labute approximate surface area is 153 Å². The van der Waals surface area contributed by atoms with Crippen LogP contribution < -0.4 is 5.32 Å². The van der Waals surface area contributed by atoms with Gasteiger partial charge in [0.05, 0.1) is 6.04 Å². The normalized spacial score (nSPS) is 17.7. The monoisotopic (exact) mass is 392 g/mol. The predicted molar refractivity (Wildman–Crippen MR) is 88.2 cm³/mol. The highest BCUT2D eigenvalue weighted by molar-refractivity contribution is 5.85. The van der Waals surface area contributed by atoms with Crippen molar-refractivity contribution in [1.29, 1.82) is 0 Å². The lowest BCUT2D eigenvalue weighted by molar-refractivity contribution is -0.142. The fourth-order valence-electron chi connectivity index (χ4n) is 2.84. The molecule has 1 unspecified atom stereocenters. The molecule has 0 spiro atoms. The molecule has 3 rings (SSSR count). The molecular formula is C16H17ClF4N4O. The summed E-state index contributed by atoms with van der Waals surface area (Å²) in [5.41, 5.74) is -0.403. The SMILES string of the molecule is Cl.O=C(Cn1ccc(C(F)(F)F)n1)N1CCNCC1c1cccc(F)c1. The molecule has 10 heteroatoms. The lowest BCUT2D eigenvalue weighted by atomic mass is 10.0. The van der Waals surface area contributed by atoms with Crippen molar-refractivity contribution in [3.63, 3.8) is 0 Å². The Bertz CT molecular complexity index is 765. The summed E-state index contributed by atoms with van der Waals surface area (Å²) in [6.07, 6.45) is -3.42. The summed E-state index contributed by atoms with van der Waals surface area (Å²) < 4.78 is 52.2. The van der Waals surface area contributed by atoms with Crippen molar-refractivity contribution in [1.82, 2.24) is 20.0 Å². The van der Waals surface area contributed by atoms with E-state index in [1.807, 2.05) is 0 Å². The number of hydrogen-bond donors (Lipinski definition) is 1. The molecule has 2 aromatic rings. The Kier molecular flexibility index (Phi) is 6.25. The number of hydrogen-bond acceptors (Lipinski definition) is 3. The number of alkyl halides is 3. The number of aromatic nitrogens is 2. The van der Waals surface area contributed by atoms with Gasteiger partial charge in [-0.05, 0) is 23.8 Å². The van der Waals surface area contributed by atoms with Crippen LogP contribution in [0.4, 0.5) is 17.6 Å². The average molecular weight is 393 g/mol. The maximum absolute atomic E-state index is 13.5. The second kappa shape index (κ2) is 8.05. The Hall–Kier alpha value is -2.13. The summed E-state index contributed by atoms with van der Waals surface area (Å²) >= 11 is 0. The van der Waals surface area contributed by atoms with Crippen molar-refractivity contribution in [3.05, 3.63) is 53.6 Å². The van der Waals surface area contributed by atoms with Crippen LogP contribution in [0.15, 0.2) is 36.5 Å². The van der Waals surface area contributed by atoms with Crippen LogP contribution in [-0.2, 0) is 17.5 Å². The highest BCUT2D eigenvalue weighted by Crippen LogP contribution is 2.27. The van der Waals surface area contributed by atoms with Crippen molar-refractivity contribution in [2.24, 2.45) is 0 Å². The first-order valence-electron chi connectivity index (χ1n) is 7.71. The molecule has 142 valence electrons. The topological polar surface area (TPSA) is 50.2 Å². The Morgan fingerprint density at radius 3 is 2.73 bits per heavy atom. The first-order chi connectivity index (χ1) is 11.8. The molecule has 1 aromatic carbocycles. The number of nitrogens with zero attached hydrogens (tertiary/aromatic N) is 3. The van der Waals surface area contributed by atoms with Crippen LogP contribution >= 0.6 is 12.4 Å². The molecule has 2 heterocycles. The van der Waals surface area contributed by atoms with Gasteiger partial charge in [0.1, 0.15) is 12.4 Å². The van der Waals surface area contributed by atoms with Crippen LogP contribution in [0.3, 0.4) is 0 Å². The molecule has 1 aliphatic heterocycles. The van der Waals surface area contributed by atoms with E-state index in [0.717, 1.165) is 16.9 Å². The second-order valence-corrected chi connectivity index (χ2v) is 5.76. The van der Waals surface area contributed by atoms with E-state index in [-0.39, 0.29) is 30.9 Å². The van der Waals surface area contributed by atoms with Gasteiger partial charge in [0, 0.05) is 25.8 Å².